The lowest BCUT2D eigenvalue weighted by Gasteiger charge is -2.25. The van der Waals surface area contributed by atoms with Crippen LogP contribution in [-0.2, 0) is 9.47 Å². The van der Waals surface area contributed by atoms with Gasteiger partial charge in [-0.25, -0.2) is 0 Å². The van der Waals surface area contributed by atoms with Gasteiger partial charge >= 0.3 is 0 Å². The lowest BCUT2D eigenvalue weighted by molar-refractivity contribution is -0.183. The highest BCUT2D eigenvalue weighted by molar-refractivity contribution is 5.89. The van der Waals surface area contributed by atoms with Gasteiger partial charge in [-0.1, -0.05) is 30.3 Å². The number of benzene rings is 2. The predicted octanol–water partition coefficient (Wildman–Crippen LogP) is 3.28. The van der Waals surface area contributed by atoms with E-state index < -0.39 is 0 Å². The van der Waals surface area contributed by atoms with Crippen LogP contribution in [0.15, 0.2) is 36.4 Å². The maximum atomic E-state index is 5.65. The summed E-state index contributed by atoms with van der Waals surface area (Å²) in [5.74, 6) is 0.847. The summed E-state index contributed by atoms with van der Waals surface area (Å²) < 4.78 is 16.9. The molecule has 2 aromatic carbocycles. The van der Waals surface area contributed by atoms with E-state index in [1.807, 2.05) is 18.2 Å². The van der Waals surface area contributed by atoms with Gasteiger partial charge < -0.3 is 14.2 Å². The molecule has 0 saturated carbocycles. The maximum absolute atomic E-state index is 5.65. The molecule has 3 nitrogen and oxygen atoms in total. The van der Waals surface area contributed by atoms with E-state index in [0.717, 1.165) is 41.7 Å². The fraction of sp³-hybridized carbons (Fsp3) is 0.333. The van der Waals surface area contributed by atoms with Crippen LogP contribution in [-0.4, -0.2) is 20.3 Å². The van der Waals surface area contributed by atoms with Gasteiger partial charge in [0.2, 0.25) is 0 Å². The minimum atomic E-state index is -0.307. The van der Waals surface area contributed by atoms with Crippen LogP contribution in [0, 0.1) is 0 Å². The van der Waals surface area contributed by atoms with Crippen LogP contribution in [0.3, 0.4) is 0 Å². The lowest BCUT2D eigenvalue weighted by atomic mass is 10.0. The average molecular weight is 244 g/mol. The van der Waals surface area contributed by atoms with Gasteiger partial charge in [0.1, 0.15) is 5.75 Å². The van der Waals surface area contributed by atoms with Crippen LogP contribution >= 0.6 is 0 Å². The molecule has 0 aromatic heterocycles. The van der Waals surface area contributed by atoms with Gasteiger partial charge in [0.25, 0.3) is 0 Å². The molecule has 0 unspecified atom stereocenters. The number of hydrogen-bond donors (Lipinski definition) is 0. The molecule has 1 saturated heterocycles. The molecule has 18 heavy (non-hydrogen) atoms. The zero-order valence-corrected chi connectivity index (χ0v) is 10.4. The molecule has 3 heteroatoms. The molecule has 2 aromatic rings. The standard InChI is InChI=1S/C15H16O3/c1-16-14-12-6-3-2-5-11(12)7-8-13(14)15-17-9-4-10-18-15/h2-3,5-8,15H,4,9-10H2,1H3. The van der Waals surface area contributed by atoms with Gasteiger partial charge in [0.15, 0.2) is 6.29 Å². The highest BCUT2D eigenvalue weighted by Gasteiger charge is 2.21. The minimum absolute atomic E-state index is 0.307. The Kier molecular flexibility index (Phi) is 3.17. The Hall–Kier alpha value is -1.58. The van der Waals surface area contributed by atoms with Crippen LogP contribution in [0.1, 0.15) is 18.3 Å². The first-order chi connectivity index (χ1) is 8.90. The van der Waals surface area contributed by atoms with Crippen LogP contribution < -0.4 is 4.74 Å². The molecule has 0 amide bonds. The molecule has 0 spiro atoms. The molecule has 0 atom stereocenters. The summed E-state index contributed by atoms with van der Waals surface area (Å²) in [5, 5.41) is 2.25. The normalized spacial score (nSPS) is 16.9. The molecule has 0 aliphatic carbocycles. The number of hydrogen-bond acceptors (Lipinski definition) is 3. The molecule has 94 valence electrons. The summed E-state index contributed by atoms with van der Waals surface area (Å²) in [6.07, 6.45) is 0.644. The largest absolute Gasteiger partial charge is 0.496 e. The molecule has 0 radical (unpaired) electrons. The van der Waals surface area contributed by atoms with Crippen molar-refractivity contribution in [3.8, 4) is 5.75 Å². The number of ether oxygens (including phenoxy) is 3. The average Bonchev–Trinajstić information content (AvgIpc) is 2.47. The molecule has 0 bridgehead atoms. The SMILES string of the molecule is COc1c(C2OCCCO2)ccc2ccccc12. The molecule has 1 aliphatic heterocycles. The fourth-order valence-electron chi connectivity index (χ4n) is 2.34. The van der Waals surface area contributed by atoms with Crippen molar-refractivity contribution in [2.45, 2.75) is 12.7 Å². The molecular weight excluding hydrogens is 228 g/mol. The zero-order valence-electron chi connectivity index (χ0n) is 10.4. The van der Waals surface area contributed by atoms with Crippen molar-refractivity contribution in [2.75, 3.05) is 20.3 Å². The quantitative estimate of drug-likeness (QED) is 0.811. The lowest BCUT2D eigenvalue weighted by Crippen LogP contribution is -2.18. The van der Waals surface area contributed by atoms with E-state index in [1.165, 1.54) is 0 Å². The predicted molar refractivity (Wildman–Crippen MR) is 69.8 cm³/mol. The summed E-state index contributed by atoms with van der Waals surface area (Å²) in [7, 11) is 1.69. The van der Waals surface area contributed by atoms with Gasteiger partial charge in [-0.2, -0.15) is 0 Å². The van der Waals surface area contributed by atoms with Crippen molar-refractivity contribution in [1.82, 2.24) is 0 Å². The molecule has 1 aliphatic rings. The van der Waals surface area contributed by atoms with E-state index in [0.29, 0.717) is 0 Å². The van der Waals surface area contributed by atoms with Crippen molar-refractivity contribution in [2.24, 2.45) is 0 Å². The maximum Gasteiger partial charge on any atom is 0.187 e. The Morgan fingerprint density at radius 1 is 1.06 bits per heavy atom. The van der Waals surface area contributed by atoms with Gasteiger partial charge in [-0.3, -0.25) is 0 Å². The third-order valence-corrected chi connectivity index (χ3v) is 3.20. The van der Waals surface area contributed by atoms with E-state index in [-0.39, 0.29) is 6.29 Å². The summed E-state index contributed by atoms with van der Waals surface area (Å²) >= 11 is 0. The van der Waals surface area contributed by atoms with Crippen LogP contribution in [0.4, 0.5) is 0 Å². The number of methoxy groups -OCH3 is 1. The van der Waals surface area contributed by atoms with E-state index in [9.17, 15) is 0 Å². The van der Waals surface area contributed by atoms with Crippen molar-refractivity contribution in [3.63, 3.8) is 0 Å². The zero-order chi connectivity index (χ0) is 12.4. The van der Waals surface area contributed by atoms with Crippen molar-refractivity contribution in [3.05, 3.63) is 42.0 Å². The monoisotopic (exact) mass is 244 g/mol. The van der Waals surface area contributed by atoms with Gasteiger partial charge in [0, 0.05) is 5.39 Å². The van der Waals surface area contributed by atoms with Crippen molar-refractivity contribution >= 4 is 10.8 Å². The van der Waals surface area contributed by atoms with Crippen LogP contribution in [0.25, 0.3) is 10.8 Å². The van der Waals surface area contributed by atoms with E-state index >= 15 is 0 Å². The summed E-state index contributed by atoms with van der Waals surface area (Å²) in [5.41, 5.74) is 0.968. The second-order valence-corrected chi connectivity index (χ2v) is 4.34. The smallest absolute Gasteiger partial charge is 0.187 e. The first kappa shape index (κ1) is 11.5. The number of rotatable bonds is 2. The third kappa shape index (κ3) is 1.96. The topological polar surface area (TPSA) is 27.7 Å². The molecule has 1 heterocycles. The number of fused-ring (bicyclic) bond motifs is 1. The Morgan fingerprint density at radius 2 is 1.83 bits per heavy atom. The Bertz CT molecular complexity index is 544. The van der Waals surface area contributed by atoms with Crippen molar-refractivity contribution in [1.29, 1.82) is 0 Å². The highest BCUT2D eigenvalue weighted by atomic mass is 16.7. The highest BCUT2D eigenvalue weighted by Crippen LogP contribution is 2.36. The second-order valence-electron chi connectivity index (χ2n) is 4.34. The molecular formula is C15H16O3. The first-order valence-corrected chi connectivity index (χ1v) is 6.19. The minimum Gasteiger partial charge on any atom is -0.496 e. The summed E-state index contributed by atoms with van der Waals surface area (Å²) in [4.78, 5) is 0. The van der Waals surface area contributed by atoms with Crippen LogP contribution in [0.5, 0.6) is 5.75 Å². The summed E-state index contributed by atoms with van der Waals surface area (Å²) in [6, 6.07) is 12.3. The Balaban J connectivity index is 2.10. The van der Waals surface area contributed by atoms with E-state index in [4.69, 9.17) is 14.2 Å². The molecule has 0 N–H and O–H groups in total. The van der Waals surface area contributed by atoms with Gasteiger partial charge in [0.05, 0.1) is 25.9 Å². The second kappa shape index (κ2) is 4.96. The molecule has 1 fully saturated rings. The Morgan fingerprint density at radius 3 is 2.61 bits per heavy atom. The van der Waals surface area contributed by atoms with Crippen molar-refractivity contribution < 1.29 is 14.2 Å². The van der Waals surface area contributed by atoms with Gasteiger partial charge in [-0.05, 0) is 17.9 Å². The molecule has 3 rings (SSSR count). The van der Waals surface area contributed by atoms with E-state index in [1.54, 1.807) is 7.11 Å². The third-order valence-electron chi connectivity index (χ3n) is 3.20. The Labute approximate surface area is 106 Å². The van der Waals surface area contributed by atoms with Gasteiger partial charge in [-0.15, -0.1) is 0 Å². The summed E-state index contributed by atoms with van der Waals surface area (Å²) in [6.45, 7) is 1.47. The first-order valence-electron chi connectivity index (χ1n) is 6.19. The fourth-order valence-corrected chi connectivity index (χ4v) is 2.34. The van der Waals surface area contributed by atoms with E-state index in [2.05, 4.69) is 18.2 Å². The van der Waals surface area contributed by atoms with Crippen LogP contribution in [0.2, 0.25) is 0 Å².